The normalized spacial score (nSPS) is 21.3. The second-order valence-electron chi connectivity index (χ2n) is 6.14. The molecule has 1 fully saturated rings. The first kappa shape index (κ1) is 21.6. The molecule has 3 rings (SSSR count). The van der Waals surface area contributed by atoms with E-state index >= 15 is 0 Å². The molecule has 1 aromatic heterocycles. The third kappa shape index (κ3) is 4.09. The van der Waals surface area contributed by atoms with Crippen LogP contribution in [0.5, 0.6) is 0 Å². The summed E-state index contributed by atoms with van der Waals surface area (Å²) in [6.45, 7) is 5.35. The number of anilines is 1. The highest BCUT2D eigenvalue weighted by atomic mass is 32.2. The van der Waals surface area contributed by atoms with Crippen LogP contribution in [0.15, 0.2) is 46.6 Å². The van der Waals surface area contributed by atoms with Crippen molar-refractivity contribution in [1.29, 1.82) is 0 Å². The largest absolute Gasteiger partial charge is 0.477 e. The molecule has 0 radical (unpaired) electrons. The Morgan fingerprint density at radius 1 is 1.57 bits per heavy atom. The lowest BCUT2D eigenvalue weighted by Gasteiger charge is -2.49. The minimum Gasteiger partial charge on any atom is -0.477 e. The summed E-state index contributed by atoms with van der Waals surface area (Å²) in [7, 11) is 0. The fraction of sp³-hybridized carbons (Fsp3) is 0.278. The SMILES string of the molecule is C=CCON=C(C(=O)N[C@@H]1C(=O)N2C(C(=O)O)=C(C=CC)CS[C@@H]12)c1csc(N)n1. The van der Waals surface area contributed by atoms with Crippen LogP contribution >= 0.6 is 23.1 Å². The number of nitrogen functional groups attached to an aromatic ring is 1. The van der Waals surface area contributed by atoms with Gasteiger partial charge in [-0.15, -0.1) is 23.1 Å². The van der Waals surface area contributed by atoms with Crippen molar-refractivity contribution in [1.82, 2.24) is 15.2 Å². The van der Waals surface area contributed by atoms with E-state index in [4.69, 9.17) is 10.6 Å². The first-order chi connectivity index (χ1) is 14.4. The number of hydrogen-bond acceptors (Lipinski definition) is 9. The van der Waals surface area contributed by atoms with Crippen molar-refractivity contribution in [3.05, 3.63) is 47.2 Å². The first-order valence-electron chi connectivity index (χ1n) is 8.76. The number of nitrogens with two attached hydrogens (primary N) is 1. The molecule has 1 saturated heterocycles. The zero-order valence-electron chi connectivity index (χ0n) is 15.9. The molecule has 158 valence electrons. The van der Waals surface area contributed by atoms with E-state index < -0.39 is 29.2 Å². The molecule has 2 amide bonds. The Balaban J connectivity index is 1.80. The monoisotopic (exact) mass is 449 g/mol. The molecular formula is C18H19N5O5S2. The predicted molar refractivity (Wildman–Crippen MR) is 114 cm³/mol. The highest BCUT2D eigenvalue weighted by molar-refractivity contribution is 8.00. The molecule has 30 heavy (non-hydrogen) atoms. The smallest absolute Gasteiger partial charge is 0.352 e. The van der Waals surface area contributed by atoms with Crippen molar-refractivity contribution in [2.45, 2.75) is 18.3 Å². The Kier molecular flexibility index (Phi) is 6.57. The summed E-state index contributed by atoms with van der Waals surface area (Å²) >= 11 is 2.50. The summed E-state index contributed by atoms with van der Waals surface area (Å²) < 4.78 is 0. The number of carboxylic acid groups (broad SMARTS) is 1. The molecule has 0 bridgehead atoms. The molecule has 3 heterocycles. The van der Waals surface area contributed by atoms with Crippen LogP contribution in [0, 0.1) is 0 Å². The molecule has 1 aromatic rings. The fourth-order valence-electron chi connectivity index (χ4n) is 2.94. The van der Waals surface area contributed by atoms with E-state index in [1.54, 1.807) is 24.5 Å². The minimum atomic E-state index is -1.19. The maximum atomic E-state index is 12.8. The third-order valence-corrected chi connectivity index (χ3v) is 6.16. The van der Waals surface area contributed by atoms with Gasteiger partial charge in [-0.25, -0.2) is 9.78 Å². The highest BCUT2D eigenvalue weighted by Crippen LogP contribution is 2.40. The van der Waals surface area contributed by atoms with Gasteiger partial charge in [0.05, 0.1) is 0 Å². The third-order valence-electron chi connectivity index (χ3n) is 4.18. The lowest BCUT2D eigenvalue weighted by atomic mass is 10.0. The summed E-state index contributed by atoms with van der Waals surface area (Å²) in [5.74, 6) is -1.98. The van der Waals surface area contributed by atoms with Gasteiger partial charge in [0.15, 0.2) is 10.8 Å². The minimum absolute atomic E-state index is 0.0668. The molecule has 0 unspecified atom stereocenters. The van der Waals surface area contributed by atoms with Gasteiger partial charge in [-0.2, -0.15) is 0 Å². The Morgan fingerprint density at radius 2 is 2.33 bits per heavy atom. The predicted octanol–water partition coefficient (Wildman–Crippen LogP) is 0.947. The number of carbonyl (C=O) groups is 3. The number of aliphatic carboxylic acids is 1. The van der Waals surface area contributed by atoms with Gasteiger partial charge >= 0.3 is 5.97 Å². The molecule has 2 atom stereocenters. The summed E-state index contributed by atoms with van der Waals surface area (Å²) in [5.41, 5.74) is 6.18. The molecular weight excluding hydrogens is 430 g/mol. The molecule has 4 N–H and O–H groups in total. The van der Waals surface area contributed by atoms with Gasteiger partial charge in [0.25, 0.3) is 11.8 Å². The summed E-state index contributed by atoms with van der Waals surface area (Å²) in [6.07, 6.45) is 4.84. The van der Waals surface area contributed by atoms with Crippen molar-refractivity contribution in [3.63, 3.8) is 0 Å². The van der Waals surface area contributed by atoms with E-state index in [9.17, 15) is 19.5 Å². The average molecular weight is 450 g/mol. The molecule has 0 saturated carbocycles. The van der Waals surface area contributed by atoms with Gasteiger partial charge in [0, 0.05) is 11.1 Å². The van der Waals surface area contributed by atoms with Gasteiger partial charge in [-0.3, -0.25) is 14.5 Å². The lowest BCUT2D eigenvalue weighted by Crippen LogP contribution is -2.71. The number of amides is 2. The summed E-state index contributed by atoms with van der Waals surface area (Å²) in [4.78, 5) is 47.4. The van der Waals surface area contributed by atoms with Gasteiger partial charge in [-0.1, -0.05) is 30.0 Å². The molecule has 12 heteroatoms. The van der Waals surface area contributed by atoms with E-state index in [0.29, 0.717) is 11.3 Å². The number of rotatable bonds is 8. The number of fused-ring (bicyclic) bond motifs is 1. The van der Waals surface area contributed by atoms with Crippen molar-refractivity contribution in [2.24, 2.45) is 5.16 Å². The Labute approximate surface area is 180 Å². The number of nitrogens with one attached hydrogen (secondary N) is 1. The van der Waals surface area contributed by atoms with Crippen molar-refractivity contribution in [2.75, 3.05) is 18.1 Å². The van der Waals surface area contributed by atoms with Crippen LogP contribution < -0.4 is 11.1 Å². The number of oxime groups is 1. The fourth-order valence-corrected chi connectivity index (χ4v) is 4.80. The number of thiazole rings is 1. The maximum Gasteiger partial charge on any atom is 0.352 e. The van der Waals surface area contributed by atoms with Gasteiger partial charge in [0.2, 0.25) is 0 Å². The zero-order chi connectivity index (χ0) is 21.8. The quantitative estimate of drug-likeness (QED) is 0.175. The summed E-state index contributed by atoms with van der Waals surface area (Å²) in [6, 6.07) is -0.899. The molecule has 0 aliphatic carbocycles. The molecule has 2 aliphatic rings. The van der Waals surface area contributed by atoms with Crippen LogP contribution in [0.4, 0.5) is 5.13 Å². The number of thioether (sulfide) groups is 1. The molecule has 10 nitrogen and oxygen atoms in total. The number of carbonyl (C=O) groups excluding carboxylic acids is 2. The molecule has 0 spiro atoms. The zero-order valence-corrected chi connectivity index (χ0v) is 17.5. The van der Waals surface area contributed by atoms with E-state index in [1.807, 2.05) is 0 Å². The Bertz CT molecular complexity index is 983. The Morgan fingerprint density at radius 3 is 2.93 bits per heavy atom. The molecule has 0 aromatic carbocycles. The number of hydrogen-bond donors (Lipinski definition) is 3. The number of nitrogens with zero attached hydrogens (tertiary/aromatic N) is 3. The van der Waals surface area contributed by atoms with Gasteiger partial charge in [0.1, 0.15) is 29.4 Å². The van der Waals surface area contributed by atoms with Crippen molar-refractivity contribution >= 4 is 51.7 Å². The lowest BCUT2D eigenvalue weighted by molar-refractivity contribution is -0.150. The standard InChI is InChI=1S/C18H19N5O5S2/c1-3-5-9-7-29-16-12(15(25)23(16)13(9)17(26)27)21-14(24)11(22-28-6-4-2)10-8-30-18(19)20-10/h3-5,8,12,16H,2,6-7H2,1H3,(H2,19,20)(H,21,24)(H,26,27)/t12-,16+/m1/s1. The van der Waals surface area contributed by atoms with Crippen LogP contribution in [-0.2, 0) is 19.2 Å². The van der Waals surface area contributed by atoms with E-state index in [1.165, 1.54) is 22.7 Å². The maximum absolute atomic E-state index is 12.8. The van der Waals surface area contributed by atoms with Crippen LogP contribution in [0.1, 0.15) is 12.6 Å². The average Bonchev–Trinajstić information content (AvgIpc) is 3.14. The molecule has 2 aliphatic heterocycles. The van der Waals surface area contributed by atoms with Crippen LogP contribution in [0.3, 0.4) is 0 Å². The number of aromatic nitrogens is 1. The van der Waals surface area contributed by atoms with E-state index in [0.717, 1.165) is 11.3 Å². The van der Waals surface area contributed by atoms with Crippen LogP contribution in [-0.4, -0.2) is 62.3 Å². The van der Waals surface area contributed by atoms with E-state index in [2.05, 4.69) is 22.0 Å². The second kappa shape index (κ2) is 9.13. The van der Waals surface area contributed by atoms with Crippen LogP contribution in [0.2, 0.25) is 0 Å². The number of carboxylic acids is 1. The van der Waals surface area contributed by atoms with E-state index in [-0.39, 0.29) is 28.8 Å². The van der Waals surface area contributed by atoms with Crippen molar-refractivity contribution in [3.8, 4) is 0 Å². The number of allylic oxidation sites excluding steroid dienone is 2. The van der Waals surface area contributed by atoms with Gasteiger partial charge < -0.3 is 21.0 Å². The second-order valence-corrected chi connectivity index (χ2v) is 8.13. The topological polar surface area (TPSA) is 147 Å². The number of β-lactam (4-membered cyclic amide) rings is 1. The van der Waals surface area contributed by atoms with Gasteiger partial charge in [-0.05, 0) is 12.5 Å². The first-order valence-corrected chi connectivity index (χ1v) is 10.7. The van der Waals surface area contributed by atoms with Crippen LogP contribution in [0.25, 0.3) is 0 Å². The Hall–Kier alpha value is -3.12. The highest BCUT2D eigenvalue weighted by Gasteiger charge is 2.54. The van der Waals surface area contributed by atoms with Crippen molar-refractivity contribution < 1.29 is 24.3 Å². The summed E-state index contributed by atoms with van der Waals surface area (Å²) in [5, 5.41) is 17.2.